The Morgan fingerprint density at radius 1 is 1.27 bits per heavy atom. The topological polar surface area (TPSA) is 56.7 Å². The molecule has 0 unspecified atom stereocenters. The maximum atomic E-state index is 5.60. The molecule has 0 fully saturated rings. The Kier molecular flexibility index (Phi) is 2.19. The van der Waals surface area contributed by atoms with Gasteiger partial charge in [-0.3, -0.25) is 9.67 Å². The highest BCUT2D eigenvalue weighted by Gasteiger charge is 2.11. The SMILES string of the molecule is Cc1nn(C)c(C)c1-c1ccc(N)cn1. The van der Waals surface area contributed by atoms with Crippen LogP contribution in [0.25, 0.3) is 11.3 Å². The van der Waals surface area contributed by atoms with Crippen LogP contribution in [0, 0.1) is 13.8 Å². The van der Waals surface area contributed by atoms with E-state index < -0.39 is 0 Å². The summed E-state index contributed by atoms with van der Waals surface area (Å²) in [7, 11) is 1.93. The fraction of sp³-hybridized carbons (Fsp3) is 0.273. The second-order valence-corrected chi connectivity index (χ2v) is 3.65. The van der Waals surface area contributed by atoms with Gasteiger partial charge in [-0.2, -0.15) is 5.10 Å². The maximum Gasteiger partial charge on any atom is 0.0740 e. The van der Waals surface area contributed by atoms with Gasteiger partial charge in [0.1, 0.15) is 0 Å². The molecule has 2 heterocycles. The summed E-state index contributed by atoms with van der Waals surface area (Å²) >= 11 is 0. The van der Waals surface area contributed by atoms with E-state index >= 15 is 0 Å². The van der Waals surface area contributed by atoms with Crippen molar-refractivity contribution in [2.45, 2.75) is 13.8 Å². The third-order valence-electron chi connectivity index (χ3n) is 2.55. The van der Waals surface area contributed by atoms with Gasteiger partial charge in [-0.1, -0.05) is 0 Å². The van der Waals surface area contributed by atoms with E-state index in [0.717, 1.165) is 22.6 Å². The summed E-state index contributed by atoms with van der Waals surface area (Å²) in [6, 6.07) is 3.78. The fourth-order valence-corrected chi connectivity index (χ4v) is 1.70. The summed E-state index contributed by atoms with van der Waals surface area (Å²) in [5.41, 5.74) is 10.4. The number of aromatic nitrogens is 3. The molecule has 0 spiro atoms. The van der Waals surface area contributed by atoms with Crippen LogP contribution in [-0.2, 0) is 7.05 Å². The molecule has 0 aliphatic carbocycles. The van der Waals surface area contributed by atoms with Gasteiger partial charge in [0.05, 0.1) is 23.3 Å². The minimum Gasteiger partial charge on any atom is -0.397 e. The van der Waals surface area contributed by atoms with E-state index in [4.69, 9.17) is 5.73 Å². The van der Waals surface area contributed by atoms with E-state index in [1.165, 1.54) is 0 Å². The monoisotopic (exact) mass is 202 g/mol. The number of rotatable bonds is 1. The predicted molar refractivity (Wildman–Crippen MR) is 60.3 cm³/mol. The molecule has 2 aromatic rings. The molecule has 78 valence electrons. The first-order chi connectivity index (χ1) is 7.09. The van der Waals surface area contributed by atoms with Crippen molar-refractivity contribution in [3.8, 4) is 11.3 Å². The van der Waals surface area contributed by atoms with Crippen LogP contribution in [0.5, 0.6) is 0 Å². The van der Waals surface area contributed by atoms with Crippen LogP contribution in [0.3, 0.4) is 0 Å². The van der Waals surface area contributed by atoms with Gasteiger partial charge in [0, 0.05) is 18.3 Å². The zero-order valence-electron chi connectivity index (χ0n) is 9.15. The molecule has 15 heavy (non-hydrogen) atoms. The van der Waals surface area contributed by atoms with Crippen LogP contribution < -0.4 is 5.73 Å². The molecule has 0 radical (unpaired) electrons. The highest BCUT2D eigenvalue weighted by molar-refractivity contribution is 5.65. The quantitative estimate of drug-likeness (QED) is 0.765. The first kappa shape index (κ1) is 9.71. The normalized spacial score (nSPS) is 10.6. The highest BCUT2D eigenvalue weighted by atomic mass is 15.3. The number of nitrogens with zero attached hydrogens (tertiary/aromatic N) is 3. The number of pyridine rings is 1. The molecule has 2 aromatic heterocycles. The van der Waals surface area contributed by atoms with Gasteiger partial charge in [0.15, 0.2) is 0 Å². The summed E-state index contributed by atoms with van der Waals surface area (Å²) in [6.45, 7) is 4.02. The first-order valence-corrected chi connectivity index (χ1v) is 4.81. The molecule has 4 heteroatoms. The summed E-state index contributed by atoms with van der Waals surface area (Å²) in [5, 5.41) is 4.35. The molecule has 4 nitrogen and oxygen atoms in total. The molecule has 0 amide bonds. The Morgan fingerprint density at radius 2 is 2.00 bits per heavy atom. The number of anilines is 1. The first-order valence-electron chi connectivity index (χ1n) is 4.81. The standard InChI is InChI=1S/C11H14N4/c1-7-11(8(2)15(3)14-7)10-5-4-9(12)6-13-10/h4-6H,12H2,1-3H3. The van der Waals surface area contributed by atoms with Crippen molar-refractivity contribution >= 4 is 5.69 Å². The van der Waals surface area contributed by atoms with Crippen molar-refractivity contribution in [1.82, 2.24) is 14.8 Å². The summed E-state index contributed by atoms with van der Waals surface area (Å²) in [4.78, 5) is 4.31. The third kappa shape index (κ3) is 1.58. The average Bonchev–Trinajstić information content (AvgIpc) is 2.44. The average molecular weight is 202 g/mol. The minimum atomic E-state index is 0.679. The lowest BCUT2D eigenvalue weighted by Gasteiger charge is -2.01. The summed E-state index contributed by atoms with van der Waals surface area (Å²) < 4.78 is 1.86. The second kappa shape index (κ2) is 3.38. The molecule has 0 bridgehead atoms. The summed E-state index contributed by atoms with van der Waals surface area (Å²) in [6.07, 6.45) is 1.67. The number of hydrogen-bond acceptors (Lipinski definition) is 3. The lowest BCUT2D eigenvalue weighted by molar-refractivity contribution is 0.731. The number of nitrogens with two attached hydrogens (primary N) is 1. The zero-order chi connectivity index (χ0) is 11.0. The van der Waals surface area contributed by atoms with Gasteiger partial charge in [-0.25, -0.2) is 0 Å². The molecule has 0 atom stereocenters. The van der Waals surface area contributed by atoms with E-state index in [2.05, 4.69) is 10.1 Å². The van der Waals surface area contributed by atoms with Crippen molar-refractivity contribution in [3.05, 3.63) is 29.7 Å². The largest absolute Gasteiger partial charge is 0.397 e. The van der Waals surface area contributed by atoms with Gasteiger partial charge in [-0.15, -0.1) is 0 Å². The van der Waals surface area contributed by atoms with Gasteiger partial charge in [0.25, 0.3) is 0 Å². The van der Waals surface area contributed by atoms with Gasteiger partial charge in [0.2, 0.25) is 0 Å². The van der Waals surface area contributed by atoms with Gasteiger partial charge >= 0.3 is 0 Å². The Morgan fingerprint density at radius 3 is 2.47 bits per heavy atom. The minimum absolute atomic E-state index is 0.679. The number of nitrogen functional groups attached to an aromatic ring is 1. The van der Waals surface area contributed by atoms with E-state index in [1.807, 2.05) is 37.7 Å². The lowest BCUT2D eigenvalue weighted by Crippen LogP contribution is -1.93. The third-order valence-corrected chi connectivity index (χ3v) is 2.55. The molecule has 2 N–H and O–H groups in total. The van der Waals surface area contributed by atoms with Crippen molar-refractivity contribution in [2.24, 2.45) is 7.05 Å². The van der Waals surface area contributed by atoms with Crippen molar-refractivity contribution in [1.29, 1.82) is 0 Å². The smallest absolute Gasteiger partial charge is 0.0740 e. The molecule has 2 rings (SSSR count). The Hall–Kier alpha value is -1.84. The maximum absolute atomic E-state index is 5.60. The van der Waals surface area contributed by atoms with Crippen LogP contribution in [0.2, 0.25) is 0 Å². The molecule has 0 saturated heterocycles. The summed E-state index contributed by atoms with van der Waals surface area (Å²) in [5.74, 6) is 0. The number of aryl methyl sites for hydroxylation is 2. The van der Waals surface area contributed by atoms with Crippen LogP contribution >= 0.6 is 0 Å². The zero-order valence-corrected chi connectivity index (χ0v) is 9.15. The molecule has 0 aliphatic rings. The lowest BCUT2D eigenvalue weighted by atomic mass is 10.1. The van der Waals surface area contributed by atoms with Gasteiger partial charge < -0.3 is 5.73 Å². The van der Waals surface area contributed by atoms with Crippen molar-refractivity contribution < 1.29 is 0 Å². The Labute approximate surface area is 88.8 Å². The van der Waals surface area contributed by atoms with Crippen molar-refractivity contribution in [2.75, 3.05) is 5.73 Å². The van der Waals surface area contributed by atoms with Crippen LogP contribution in [0.15, 0.2) is 18.3 Å². The fourth-order valence-electron chi connectivity index (χ4n) is 1.70. The molecular formula is C11H14N4. The highest BCUT2D eigenvalue weighted by Crippen LogP contribution is 2.24. The van der Waals surface area contributed by atoms with E-state index in [9.17, 15) is 0 Å². The predicted octanol–water partition coefficient (Wildman–Crippen LogP) is 1.68. The molecular weight excluding hydrogens is 188 g/mol. The molecule has 0 saturated carbocycles. The van der Waals surface area contributed by atoms with Crippen LogP contribution in [0.4, 0.5) is 5.69 Å². The molecule has 0 aliphatic heterocycles. The van der Waals surface area contributed by atoms with E-state index in [0.29, 0.717) is 5.69 Å². The number of hydrogen-bond donors (Lipinski definition) is 1. The van der Waals surface area contributed by atoms with Crippen LogP contribution in [0.1, 0.15) is 11.4 Å². The van der Waals surface area contributed by atoms with Crippen LogP contribution in [-0.4, -0.2) is 14.8 Å². The van der Waals surface area contributed by atoms with Crippen molar-refractivity contribution in [3.63, 3.8) is 0 Å². The van der Waals surface area contributed by atoms with E-state index in [1.54, 1.807) is 6.20 Å². The molecule has 0 aromatic carbocycles. The Balaban J connectivity index is 2.58. The van der Waals surface area contributed by atoms with E-state index in [-0.39, 0.29) is 0 Å². The second-order valence-electron chi connectivity index (χ2n) is 3.65. The Bertz CT molecular complexity index is 482. The van der Waals surface area contributed by atoms with Gasteiger partial charge in [-0.05, 0) is 26.0 Å².